The van der Waals surface area contributed by atoms with Crippen LogP contribution in [0.4, 0.5) is 8.78 Å². The van der Waals surface area contributed by atoms with Crippen molar-refractivity contribution in [1.29, 1.82) is 0 Å². The third-order valence-electron chi connectivity index (χ3n) is 2.46. The second-order valence-electron chi connectivity index (χ2n) is 4.14. The molecule has 4 nitrogen and oxygen atoms in total. The molecule has 0 aliphatic heterocycles. The molecule has 0 aliphatic carbocycles. The van der Waals surface area contributed by atoms with Crippen LogP contribution >= 0.6 is 23.4 Å². The number of carbonyl (C=O) groups is 2. The number of thioether (sulfide) groups is 1. The minimum absolute atomic E-state index is 0.0420. The van der Waals surface area contributed by atoms with E-state index in [1.165, 1.54) is 11.8 Å². The maximum absolute atomic E-state index is 12.2. The van der Waals surface area contributed by atoms with Gasteiger partial charge < -0.3 is 10.4 Å². The Labute approximate surface area is 129 Å². The van der Waals surface area contributed by atoms with Crippen molar-refractivity contribution in [2.75, 3.05) is 5.75 Å². The van der Waals surface area contributed by atoms with Crippen LogP contribution in [-0.4, -0.2) is 35.2 Å². The van der Waals surface area contributed by atoms with E-state index in [0.29, 0.717) is 10.8 Å². The van der Waals surface area contributed by atoms with Gasteiger partial charge in [-0.15, -0.1) is 11.8 Å². The normalized spacial score (nSPS) is 12.2. The van der Waals surface area contributed by atoms with Gasteiger partial charge in [-0.2, -0.15) is 0 Å². The minimum Gasteiger partial charge on any atom is -0.480 e. The molecule has 116 valence electrons. The summed E-state index contributed by atoms with van der Waals surface area (Å²) in [4.78, 5) is 23.2. The molecule has 21 heavy (non-hydrogen) atoms. The zero-order valence-corrected chi connectivity index (χ0v) is 12.5. The predicted octanol–water partition coefficient (Wildman–Crippen LogP) is 3.05. The highest BCUT2D eigenvalue weighted by Crippen LogP contribution is 2.20. The van der Waals surface area contributed by atoms with Crippen molar-refractivity contribution in [3.63, 3.8) is 0 Å². The van der Waals surface area contributed by atoms with Crippen molar-refractivity contribution in [2.24, 2.45) is 0 Å². The van der Waals surface area contributed by atoms with E-state index in [9.17, 15) is 18.4 Å². The summed E-state index contributed by atoms with van der Waals surface area (Å²) in [5.74, 6) is -1.62. The molecule has 8 heteroatoms. The lowest BCUT2D eigenvalue weighted by Crippen LogP contribution is -2.42. The first-order valence-corrected chi connectivity index (χ1v) is 7.43. The summed E-state index contributed by atoms with van der Waals surface area (Å²) in [6.45, 7) is 0. The zero-order valence-electron chi connectivity index (χ0n) is 10.9. The number of amides is 1. The molecule has 0 bridgehead atoms. The number of aliphatic carboxylic acids is 1. The molecular formula is C13H14ClF2NO3S. The van der Waals surface area contributed by atoms with Gasteiger partial charge in [-0.1, -0.05) is 11.6 Å². The maximum Gasteiger partial charge on any atom is 0.326 e. The van der Waals surface area contributed by atoms with Crippen LogP contribution in [0.2, 0.25) is 5.02 Å². The molecule has 1 amide bonds. The molecule has 0 saturated carbocycles. The molecule has 0 aromatic heterocycles. The lowest BCUT2D eigenvalue weighted by molar-refractivity contribution is -0.143. The summed E-state index contributed by atoms with van der Waals surface area (Å²) in [7, 11) is 0. The van der Waals surface area contributed by atoms with Crippen molar-refractivity contribution in [2.45, 2.75) is 30.2 Å². The number of hydrogen-bond acceptors (Lipinski definition) is 3. The van der Waals surface area contributed by atoms with Crippen LogP contribution in [0.3, 0.4) is 0 Å². The number of carboxylic acid groups (broad SMARTS) is 1. The van der Waals surface area contributed by atoms with E-state index in [-0.39, 0.29) is 6.42 Å². The third kappa shape index (κ3) is 7.29. The third-order valence-corrected chi connectivity index (χ3v) is 3.72. The molecule has 1 atom stereocenters. The Bertz CT molecular complexity index is 485. The smallest absolute Gasteiger partial charge is 0.326 e. The van der Waals surface area contributed by atoms with Gasteiger partial charge in [0.1, 0.15) is 6.04 Å². The molecule has 0 spiro atoms. The zero-order chi connectivity index (χ0) is 15.8. The van der Waals surface area contributed by atoms with Gasteiger partial charge in [-0.05, 0) is 24.3 Å². The fraction of sp³-hybridized carbons (Fsp3) is 0.385. The quantitative estimate of drug-likeness (QED) is 0.715. The fourth-order valence-corrected chi connectivity index (χ4v) is 2.44. The highest BCUT2D eigenvalue weighted by Gasteiger charge is 2.23. The van der Waals surface area contributed by atoms with E-state index in [2.05, 4.69) is 5.32 Å². The molecular weight excluding hydrogens is 324 g/mol. The molecule has 0 radical (unpaired) electrons. The van der Waals surface area contributed by atoms with Crippen LogP contribution in [-0.2, 0) is 9.59 Å². The largest absolute Gasteiger partial charge is 0.480 e. The molecule has 2 N–H and O–H groups in total. The lowest BCUT2D eigenvalue weighted by atomic mass is 10.2. The van der Waals surface area contributed by atoms with Crippen molar-refractivity contribution < 1.29 is 23.5 Å². The number of rotatable bonds is 8. The SMILES string of the molecule is O=C(CCSc1ccc(Cl)cc1)NC(CC(F)F)C(=O)O. The Kier molecular flexibility index (Phi) is 7.45. The maximum atomic E-state index is 12.2. The molecule has 0 aliphatic rings. The summed E-state index contributed by atoms with van der Waals surface area (Å²) in [5.41, 5.74) is 0. The Balaban J connectivity index is 2.35. The van der Waals surface area contributed by atoms with E-state index in [1.807, 2.05) is 0 Å². The molecule has 1 rings (SSSR count). The molecule has 1 aromatic rings. The van der Waals surface area contributed by atoms with Crippen LogP contribution < -0.4 is 5.32 Å². The Morgan fingerprint density at radius 1 is 1.29 bits per heavy atom. The first kappa shape index (κ1) is 17.7. The summed E-state index contributed by atoms with van der Waals surface area (Å²) in [5, 5.41) is 11.4. The van der Waals surface area contributed by atoms with Crippen LogP contribution in [0, 0.1) is 0 Å². The standard InChI is InChI=1S/C13H14ClF2NO3S/c14-8-1-3-9(4-2-8)21-6-5-12(18)17-10(13(19)20)7-11(15)16/h1-4,10-11H,5-7H2,(H,17,18)(H,19,20). The Morgan fingerprint density at radius 2 is 1.90 bits per heavy atom. The van der Waals surface area contributed by atoms with Gasteiger partial charge in [0.15, 0.2) is 0 Å². The number of halogens is 3. The molecule has 1 aromatic carbocycles. The van der Waals surface area contributed by atoms with E-state index < -0.39 is 30.8 Å². The molecule has 0 heterocycles. The van der Waals surface area contributed by atoms with Crippen molar-refractivity contribution in [1.82, 2.24) is 5.32 Å². The number of carboxylic acids is 1. The number of benzene rings is 1. The number of hydrogen-bond donors (Lipinski definition) is 2. The Morgan fingerprint density at radius 3 is 2.43 bits per heavy atom. The van der Waals surface area contributed by atoms with Crippen molar-refractivity contribution >= 4 is 35.2 Å². The predicted molar refractivity (Wildman–Crippen MR) is 77.0 cm³/mol. The number of nitrogens with one attached hydrogen (secondary N) is 1. The fourth-order valence-electron chi connectivity index (χ4n) is 1.46. The average molecular weight is 338 g/mol. The van der Waals surface area contributed by atoms with Gasteiger partial charge in [0, 0.05) is 28.5 Å². The molecule has 1 unspecified atom stereocenters. The monoisotopic (exact) mass is 337 g/mol. The van der Waals surface area contributed by atoms with Crippen LogP contribution in [0.1, 0.15) is 12.8 Å². The highest BCUT2D eigenvalue weighted by molar-refractivity contribution is 7.99. The first-order chi connectivity index (χ1) is 9.88. The van der Waals surface area contributed by atoms with Gasteiger partial charge in [0.05, 0.1) is 0 Å². The molecule has 0 saturated heterocycles. The van der Waals surface area contributed by atoms with Gasteiger partial charge in [0.2, 0.25) is 12.3 Å². The summed E-state index contributed by atoms with van der Waals surface area (Å²) in [6, 6.07) is 5.46. The van der Waals surface area contributed by atoms with Gasteiger partial charge in [-0.3, -0.25) is 4.79 Å². The van der Waals surface area contributed by atoms with Crippen molar-refractivity contribution in [3.8, 4) is 0 Å². The van der Waals surface area contributed by atoms with Gasteiger partial charge in [0.25, 0.3) is 0 Å². The van der Waals surface area contributed by atoms with Crippen LogP contribution in [0.25, 0.3) is 0 Å². The van der Waals surface area contributed by atoms with E-state index in [1.54, 1.807) is 24.3 Å². The topological polar surface area (TPSA) is 66.4 Å². The second-order valence-corrected chi connectivity index (χ2v) is 5.74. The summed E-state index contributed by atoms with van der Waals surface area (Å²) in [6.07, 6.45) is -3.64. The van der Waals surface area contributed by atoms with E-state index in [4.69, 9.17) is 16.7 Å². The summed E-state index contributed by atoms with van der Waals surface area (Å²) < 4.78 is 24.3. The minimum atomic E-state index is -2.78. The summed E-state index contributed by atoms with van der Waals surface area (Å²) >= 11 is 7.13. The number of alkyl halides is 2. The second kappa shape index (κ2) is 8.84. The Hall–Kier alpha value is -1.34. The van der Waals surface area contributed by atoms with Gasteiger partial charge in [-0.25, -0.2) is 13.6 Å². The first-order valence-electron chi connectivity index (χ1n) is 6.07. The number of carbonyl (C=O) groups excluding carboxylic acids is 1. The molecule has 0 fully saturated rings. The van der Waals surface area contributed by atoms with Crippen LogP contribution in [0.15, 0.2) is 29.2 Å². The van der Waals surface area contributed by atoms with Crippen molar-refractivity contribution in [3.05, 3.63) is 29.3 Å². The lowest BCUT2D eigenvalue weighted by Gasteiger charge is -2.13. The average Bonchev–Trinajstić information content (AvgIpc) is 2.39. The van der Waals surface area contributed by atoms with Gasteiger partial charge >= 0.3 is 5.97 Å². The van der Waals surface area contributed by atoms with E-state index >= 15 is 0 Å². The highest BCUT2D eigenvalue weighted by atomic mass is 35.5. The van der Waals surface area contributed by atoms with E-state index in [0.717, 1.165) is 4.90 Å². The van der Waals surface area contributed by atoms with Crippen LogP contribution in [0.5, 0.6) is 0 Å².